The lowest BCUT2D eigenvalue weighted by Gasteiger charge is -2.43. The van der Waals surface area contributed by atoms with Gasteiger partial charge in [0.25, 0.3) is 0 Å². The highest BCUT2D eigenvalue weighted by atomic mass is 16.3. The number of carbonyl (C=O) groups is 2. The van der Waals surface area contributed by atoms with Crippen molar-refractivity contribution in [3.05, 3.63) is 35.4 Å². The Hall–Kier alpha value is -1.72. The zero-order chi connectivity index (χ0) is 20.6. The van der Waals surface area contributed by atoms with E-state index >= 15 is 0 Å². The van der Waals surface area contributed by atoms with Crippen molar-refractivity contribution in [2.45, 2.75) is 76.9 Å². The van der Waals surface area contributed by atoms with Crippen LogP contribution in [0, 0.1) is 5.92 Å². The van der Waals surface area contributed by atoms with Crippen LogP contribution in [0.2, 0.25) is 0 Å². The smallest absolute Gasteiger partial charge is 0.237 e. The van der Waals surface area contributed by atoms with Gasteiger partial charge in [-0.15, -0.1) is 0 Å². The molecule has 1 heterocycles. The van der Waals surface area contributed by atoms with E-state index in [0.717, 1.165) is 13.0 Å². The predicted molar refractivity (Wildman–Crippen MR) is 115 cm³/mol. The lowest BCUT2D eigenvalue weighted by atomic mass is 9.77. The van der Waals surface area contributed by atoms with Crippen molar-refractivity contribution in [2.75, 3.05) is 19.6 Å². The zero-order valence-corrected chi connectivity index (χ0v) is 17.7. The first-order valence-corrected chi connectivity index (χ1v) is 11.4. The largest absolute Gasteiger partial charge is 0.392 e. The summed E-state index contributed by atoms with van der Waals surface area (Å²) in [5, 5.41) is 13.2. The Morgan fingerprint density at radius 3 is 2.72 bits per heavy atom. The molecule has 1 amide bonds. The molecule has 3 rings (SSSR count). The first-order valence-electron chi connectivity index (χ1n) is 11.4. The normalized spacial score (nSPS) is 20.9. The summed E-state index contributed by atoms with van der Waals surface area (Å²) < 4.78 is 0. The van der Waals surface area contributed by atoms with E-state index in [9.17, 15) is 14.7 Å². The molecule has 160 valence electrons. The Labute approximate surface area is 174 Å². The lowest BCUT2D eigenvalue weighted by molar-refractivity contribution is -0.135. The van der Waals surface area contributed by atoms with Gasteiger partial charge in [-0.25, -0.2) is 0 Å². The van der Waals surface area contributed by atoms with Crippen LogP contribution < -0.4 is 5.32 Å². The van der Waals surface area contributed by atoms with Crippen LogP contribution in [0.5, 0.6) is 0 Å². The van der Waals surface area contributed by atoms with Crippen LogP contribution in [0.4, 0.5) is 0 Å². The molecule has 2 unspecified atom stereocenters. The number of rotatable bonds is 9. The summed E-state index contributed by atoms with van der Waals surface area (Å²) in [7, 11) is 0. The predicted octanol–water partition coefficient (Wildman–Crippen LogP) is 3.40. The molecule has 29 heavy (non-hydrogen) atoms. The molecule has 2 aliphatic rings. The van der Waals surface area contributed by atoms with Crippen molar-refractivity contribution in [3.8, 4) is 0 Å². The second-order valence-corrected chi connectivity index (χ2v) is 8.59. The van der Waals surface area contributed by atoms with Gasteiger partial charge in [0.2, 0.25) is 5.91 Å². The average Bonchev–Trinajstić information content (AvgIpc) is 2.77. The van der Waals surface area contributed by atoms with E-state index in [1.54, 1.807) is 0 Å². The SMILES string of the molecule is CCC(=O)CCC(O)CNCC(=O)N1CCc2ccccc2C1C1CCCCC1. The topological polar surface area (TPSA) is 69.6 Å². The molecule has 2 N–H and O–H groups in total. The molecule has 2 atom stereocenters. The minimum atomic E-state index is -0.588. The van der Waals surface area contributed by atoms with Crippen molar-refractivity contribution in [2.24, 2.45) is 5.92 Å². The van der Waals surface area contributed by atoms with E-state index in [1.165, 1.54) is 43.2 Å². The molecule has 0 saturated heterocycles. The van der Waals surface area contributed by atoms with Gasteiger partial charge in [0, 0.05) is 25.9 Å². The van der Waals surface area contributed by atoms with Crippen LogP contribution >= 0.6 is 0 Å². The molecule has 0 spiro atoms. The van der Waals surface area contributed by atoms with Gasteiger partial charge in [0.15, 0.2) is 0 Å². The molecule has 1 aromatic rings. The molecule has 5 nitrogen and oxygen atoms in total. The summed E-state index contributed by atoms with van der Waals surface area (Å²) in [6.45, 7) is 3.20. The number of hydrogen-bond acceptors (Lipinski definition) is 4. The van der Waals surface area contributed by atoms with Crippen LogP contribution in [-0.4, -0.2) is 47.4 Å². The lowest BCUT2D eigenvalue weighted by Crippen LogP contribution is -2.47. The fourth-order valence-corrected chi connectivity index (χ4v) is 4.89. The highest BCUT2D eigenvalue weighted by molar-refractivity contribution is 5.79. The Morgan fingerprint density at radius 2 is 1.97 bits per heavy atom. The standard InChI is InChI=1S/C24H36N2O3/c1-2-20(27)12-13-21(28)16-25-17-23(29)26-15-14-18-8-6-7-11-22(18)24(26)19-9-4-3-5-10-19/h6-8,11,19,21,24-25,28H,2-5,9-10,12-17H2,1H3. The second-order valence-electron chi connectivity index (χ2n) is 8.59. The summed E-state index contributed by atoms with van der Waals surface area (Å²) in [5.74, 6) is 0.828. The van der Waals surface area contributed by atoms with E-state index in [2.05, 4.69) is 34.5 Å². The maximum atomic E-state index is 13.1. The number of fused-ring (bicyclic) bond motifs is 1. The molecule has 1 aliphatic carbocycles. The van der Waals surface area contributed by atoms with Gasteiger partial charge < -0.3 is 15.3 Å². The van der Waals surface area contributed by atoms with E-state index in [1.807, 2.05) is 6.92 Å². The number of nitrogens with zero attached hydrogens (tertiary/aromatic N) is 1. The number of Topliss-reactive ketones (excluding diaryl/α,β-unsaturated/α-hetero) is 1. The van der Waals surface area contributed by atoms with Crippen LogP contribution in [0.15, 0.2) is 24.3 Å². The minimum absolute atomic E-state index is 0.118. The molecular formula is C24H36N2O3. The summed E-state index contributed by atoms with van der Waals surface area (Å²) in [6, 6.07) is 8.78. The molecular weight excluding hydrogens is 364 g/mol. The Kier molecular flexibility index (Phi) is 8.25. The van der Waals surface area contributed by atoms with Gasteiger partial charge in [0.1, 0.15) is 5.78 Å². The summed E-state index contributed by atoms with van der Waals surface area (Å²) in [4.78, 5) is 26.6. The fourth-order valence-electron chi connectivity index (χ4n) is 4.89. The number of aliphatic hydroxyl groups is 1. The summed E-state index contributed by atoms with van der Waals surface area (Å²) in [5.41, 5.74) is 2.72. The van der Waals surface area contributed by atoms with Crippen molar-refractivity contribution >= 4 is 11.7 Å². The maximum Gasteiger partial charge on any atom is 0.237 e. The van der Waals surface area contributed by atoms with Gasteiger partial charge in [-0.05, 0) is 42.7 Å². The number of amides is 1. The van der Waals surface area contributed by atoms with E-state index in [-0.39, 0.29) is 24.3 Å². The van der Waals surface area contributed by atoms with E-state index in [4.69, 9.17) is 0 Å². The van der Waals surface area contributed by atoms with Gasteiger partial charge in [0.05, 0.1) is 18.7 Å². The maximum absolute atomic E-state index is 13.1. The van der Waals surface area contributed by atoms with Gasteiger partial charge >= 0.3 is 0 Å². The van der Waals surface area contributed by atoms with Crippen LogP contribution in [0.1, 0.15) is 75.5 Å². The van der Waals surface area contributed by atoms with E-state index < -0.39 is 6.10 Å². The van der Waals surface area contributed by atoms with Crippen LogP contribution in [0.3, 0.4) is 0 Å². The molecule has 1 aliphatic heterocycles. The van der Waals surface area contributed by atoms with Gasteiger partial charge in [-0.2, -0.15) is 0 Å². The Bertz CT molecular complexity index is 684. The van der Waals surface area contributed by atoms with Gasteiger partial charge in [-0.1, -0.05) is 50.5 Å². The first kappa shape index (κ1) is 22.0. The molecule has 5 heteroatoms. The Morgan fingerprint density at radius 1 is 1.21 bits per heavy atom. The quantitative estimate of drug-likeness (QED) is 0.667. The molecule has 1 saturated carbocycles. The van der Waals surface area contributed by atoms with E-state index in [0.29, 0.717) is 31.7 Å². The number of aliphatic hydroxyl groups excluding tert-OH is 1. The molecule has 0 aromatic heterocycles. The summed E-state index contributed by atoms with van der Waals surface area (Å²) in [6.07, 6.45) is 7.90. The number of carbonyl (C=O) groups excluding carboxylic acids is 2. The number of ketones is 1. The third-order valence-electron chi connectivity index (χ3n) is 6.56. The molecule has 0 radical (unpaired) electrons. The fraction of sp³-hybridized carbons (Fsp3) is 0.667. The third kappa shape index (κ3) is 5.89. The number of benzene rings is 1. The van der Waals surface area contributed by atoms with Crippen LogP contribution in [0.25, 0.3) is 0 Å². The van der Waals surface area contributed by atoms with Crippen molar-refractivity contribution in [3.63, 3.8) is 0 Å². The van der Waals surface area contributed by atoms with Crippen molar-refractivity contribution in [1.82, 2.24) is 10.2 Å². The summed E-state index contributed by atoms with van der Waals surface area (Å²) >= 11 is 0. The van der Waals surface area contributed by atoms with Crippen molar-refractivity contribution < 1.29 is 14.7 Å². The highest BCUT2D eigenvalue weighted by Crippen LogP contribution is 2.41. The van der Waals surface area contributed by atoms with Crippen LogP contribution in [-0.2, 0) is 16.0 Å². The Balaban J connectivity index is 1.59. The minimum Gasteiger partial charge on any atom is -0.392 e. The first-order chi connectivity index (χ1) is 14.1. The zero-order valence-electron chi connectivity index (χ0n) is 17.7. The second kappa shape index (κ2) is 10.9. The number of nitrogens with one attached hydrogen (secondary N) is 1. The molecule has 1 aromatic carbocycles. The number of hydrogen-bond donors (Lipinski definition) is 2. The average molecular weight is 401 g/mol. The molecule has 0 bridgehead atoms. The monoisotopic (exact) mass is 400 g/mol. The molecule has 1 fully saturated rings. The third-order valence-corrected chi connectivity index (χ3v) is 6.56. The van der Waals surface area contributed by atoms with Crippen molar-refractivity contribution in [1.29, 1.82) is 0 Å². The highest BCUT2D eigenvalue weighted by Gasteiger charge is 2.36. The van der Waals surface area contributed by atoms with Gasteiger partial charge in [-0.3, -0.25) is 9.59 Å².